The molecule has 0 aliphatic rings. The van der Waals surface area contributed by atoms with Crippen LogP contribution in [0.5, 0.6) is 0 Å². The summed E-state index contributed by atoms with van der Waals surface area (Å²) >= 11 is 0. The van der Waals surface area contributed by atoms with E-state index in [-0.39, 0.29) is 18.6 Å². The number of hydrogen-bond donors (Lipinski definition) is 0. The highest BCUT2D eigenvalue weighted by molar-refractivity contribution is 6.01. The van der Waals surface area contributed by atoms with Crippen LogP contribution >= 0.6 is 0 Å². The van der Waals surface area contributed by atoms with Gasteiger partial charge in [-0.1, -0.05) is 35.5 Å². The Morgan fingerprint density at radius 1 is 0.962 bits per heavy atom. The largest absolute Gasteiger partial charge is 0.371 e. The van der Waals surface area contributed by atoms with Crippen LogP contribution in [0.2, 0.25) is 0 Å². The van der Waals surface area contributed by atoms with E-state index in [2.05, 4.69) is 15.9 Å². The molecule has 0 spiro atoms. The van der Waals surface area contributed by atoms with Crippen molar-refractivity contribution in [2.75, 3.05) is 0 Å². The third-order valence-electron chi connectivity index (χ3n) is 3.27. The van der Waals surface area contributed by atoms with E-state index in [4.69, 9.17) is 6.42 Å². The van der Waals surface area contributed by atoms with E-state index in [0.717, 1.165) is 0 Å². The molecule has 2 rings (SSSR count). The monoisotopic (exact) mass is 367 g/mol. The standard InChI is InChI=1S/C18H10F5NO2/c1-2-3-9-11(10-7-5-4-6-8-10)24-26-18(25)12-13(19)15(21)17(23)16(22)14(12)20/h1,4-8H,3,9H2/b24-11+. The molecule has 0 amide bonds. The first kappa shape index (κ1) is 19.1. The van der Waals surface area contributed by atoms with E-state index < -0.39 is 40.6 Å². The molecular formula is C18H10F5NO2. The second-order valence-electron chi connectivity index (χ2n) is 4.93. The van der Waals surface area contributed by atoms with Gasteiger partial charge in [0.2, 0.25) is 5.82 Å². The van der Waals surface area contributed by atoms with E-state index in [9.17, 15) is 26.7 Å². The summed E-state index contributed by atoms with van der Waals surface area (Å²) in [4.78, 5) is 16.2. The van der Waals surface area contributed by atoms with E-state index in [1.54, 1.807) is 30.3 Å². The van der Waals surface area contributed by atoms with Crippen LogP contribution in [0.1, 0.15) is 28.8 Å². The first-order valence-corrected chi connectivity index (χ1v) is 7.17. The van der Waals surface area contributed by atoms with E-state index >= 15 is 0 Å². The fourth-order valence-corrected chi connectivity index (χ4v) is 1.99. The van der Waals surface area contributed by atoms with Crippen LogP contribution in [0.15, 0.2) is 35.5 Å². The Bertz CT molecular complexity index is 875. The minimum Gasteiger partial charge on any atom is -0.312 e. The Kier molecular flexibility index (Phi) is 6.07. The number of oxime groups is 1. The minimum atomic E-state index is -2.38. The van der Waals surface area contributed by atoms with Crippen LogP contribution in [0.4, 0.5) is 22.0 Å². The summed E-state index contributed by atoms with van der Waals surface area (Å²) in [5, 5.41) is 3.47. The highest BCUT2D eigenvalue weighted by Gasteiger charge is 2.31. The highest BCUT2D eigenvalue weighted by Crippen LogP contribution is 2.23. The number of halogens is 5. The zero-order valence-corrected chi connectivity index (χ0v) is 13.0. The van der Waals surface area contributed by atoms with Crippen molar-refractivity contribution in [2.24, 2.45) is 5.16 Å². The van der Waals surface area contributed by atoms with Gasteiger partial charge in [0.15, 0.2) is 23.3 Å². The van der Waals surface area contributed by atoms with Crippen molar-refractivity contribution in [3.63, 3.8) is 0 Å². The smallest absolute Gasteiger partial charge is 0.312 e. The zero-order valence-electron chi connectivity index (χ0n) is 13.0. The van der Waals surface area contributed by atoms with Crippen LogP contribution in [0.25, 0.3) is 0 Å². The Hall–Kier alpha value is -3.21. The molecule has 3 nitrogen and oxygen atoms in total. The van der Waals surface area contributed by atoms with Crippen molar-refractivity contribution < 1.29 is 31.6 Å². The lowest BCUT2D eigenvalue weighted by Crippen LogP contribution is -2.14. The molecule has 26 heavy (non-hydrogen) atoms. The summed E-state index contributed by atoms with van der Waals surface area (Å²) in [5.41, 5.74) is -1.05. The van der Waals surface area contributed by atoms with Gasteiger partial charge in [-0.25, -0.2) is 26.7 Å². The Labute approximate surface area is 145 Å². The van der Waals surface area contributed by atoms with Crippen LogP contribution < -0.4 is 0 Å². The predicted molar refractivity (Wildman–Crippen MR) is 82.7 cm³/mol. The van der Waals surface area contributed by atoms with Crippen molar-refractivity contribution in [3.05, 3.63) is 70.5 Å². The predicted octanol–water partition coefficient (Wildman–Crippen LogP) is 4.36. The van der Waals surface area contributed by atoms with Crippen LogP contribution in [0, 0.1) is 41.4 Å². The topological polar surface area (TPSA) is 38.7 Å². The summed E-state index contributed by atoms with van der Waals surface area (Å²) in [6.07, 6.45) is 5.53. The number of terminal acetylenes is 1. The first-order valence-electron chi connectivity index (χ1n) is 7.17. The van der Waals surface area contributed by atoms with E-state index in [0.29, 0.717) is 5.56 Å². The quantitative estimate of drug-likeness (QED) is 0.150. The third kappa shape index (κ3) is 3.88. The molecular weight excluding hydrogens is 357 g/mol. The molecule has 0 atom stereocenters. The Morgan fingerprint density at radius 2 is 1.50 bits per heavy atom. The molecule has 0 heterocycles. The molecule has 0 bridgehead atoms. The number of benzene rings is 2. The van der Waals surface area contributed by atoms with Gasteiger partial charge in [-0.15, -0.1) is 12.3 Å². The number of carbonyl (C=O) groups is 1. The molecule has 0 fully saturated rings. The maximum absolute atomic E-state index is 13.6. The maximum atomic E-state index is 13.6. The molecule has 0 radical (unpaired) electrons. The zero-order chi connectivity index (χ0) is 19.3. The second kappa shape index (κ2) is 8.25. The van der Waals surface area contributed by atoms with Crippen LogP contribution in [-0.2, 0) is 4.84 Å². The van der Waals surface area contributed by atoms with Gasteiger partial charge < -0.3 is 4.84 Å². The van der Waals surface area contributed by atoms with Gasteiger partial charge in [-0.2, -0.15) is 0 Å². The third-order valence-corrected chi connectivity index (χ3v) is 3.27. The van der Waals surface area contributed by atoms with Gasteiger partial charge in [0.05, 0.1) is 5.71 Å². The lowest BCUT2D eigenvalue weighted by Gasteiger charge is -2.07. The summed E-state index contributed by atoms with van der Waals surface area (Å²) < 4.78 is 66.6. The lowest BCUT2D eigenvalue weighted by molar-refractivity contribution is 0.0501. The molecule has 0 aliphatic heterocycles. The molecule has 0 unspecified atom stereocenters. The molecule has 0 aliphatic carbocycles. The van der Waals surface area contributed by atoms with Gasteiger partial charge in [0.25, 0.3) is 0 Å². The average molecular weight is 367 g/mol. The molecule has 0 saturated heterocycles. The Morgan fingerprint density at radius 3 is 2.04 bits per heavy atom. The van der Waals surface area contributed by atoms with Crippen LogP contribution in [-0.4, -0.2) is 11.7 Å². The van der Waals surface area contributed by atoms with Gasteiger partial charge >= 0.3 is 5.97 Å². The molecule has 134 valence electrons. The summed E-state index contributed by atoms with van der Waals surface area (Å²) in [7, 11) is 0. The minimum absolute atomic E-state index is 0.158. The Balaban J connectivity index is 2.36. The first-order chi connectivity index (χ1) is 12.4. The van der Waals surface area contributed by atoms with E-state index in [1.807, 2.05) is 0 Å². The molecule has 0 aromatic heterocycles. The van der Waals surface area contributed by atoms with Gasteiger partial charge in [0.1, 0.15) is 5.56 Å². The SMILES string of the molecule is C#CCC/C(=N\OC(=O)c1c(F)c(F)c(F)c(F)c1F)c1ccccc1. The second-order valence-corrected chi connectivity index (χ2v) is 4.93. The van der Waals surface area contributed by atoms with Crippen molar-refractivity contribution in [2.45, 2.75) is 12.8 Å². The van der Waals surface area contributed by atoms with Gasteiger partial charge in [-0.3, -0.25) is 0 Å². The number of hydrogen-bond acceptors (Lipinski definition) is 3. The fourth-order valence-electron chi connectivity index (χ4n) is 1.99. The van der Waals surface area contributed by atoms with Crippen molar-refractivity contribution >= 4 is 11.7 Å². The molecule has 0 N–H and O–H groups in total. The maximum Gasteiger partial charge on any atom is 0.371 e. The highest BCUT2D eigenvalue weighted by atomic mass is 19.2. The molecule has 8 heteroatoms. The average Bonchev–Trinajstić information content (AvgIpc) is 2.65. The molecule has 2 aromatic carbocycles. The lowest BCUT2D eigenvalue weighted by atomic mass is 10.1. The van der Waals surface area contributed by atoms with Gasteiger partial charge in [-0.05, 0) is 5.56 Å². The van der Waals surface area contributed by atoms with Crippen molar-refractivity contribution in [1.29, 1.82) is 0 Å². The number of nitrogens with zero attached hydrogens (tertiary/aromatic N) is 1. The molecule has 2 aromatic rings. The fraction of sp³-hybridized carbons (Fsp3) is 0.111. The van der Waals surface area contributed by atoms with Crippen molar-refractivity contribution in [3.8, 4) is 12.3 Å². The molecule has 0 saturated carbocycles. The van der Waals surface area contributed by atoms with Crippen LogP contribution in [0.3, 0.4) is 0 Å². The summed E-state index contributed by atoms with van der Waals surface area (Å²) in [6, 6.07) is 8.26. The van der Waals surface area contributed by atoms with Crippen molar-refractivity contribution in [1.82, 2.24) is 0 Å². The number of rotatable bonds is 5. The van der Waals surface area contributed by atoms with Gasteiger partial charge in [0, 0.05) is 12.8 Å². The summed E-state index contributed by atoms with van der Waals surface area (Å²) in [5.74, 6) is -11.0. The summed E-state index contributed by atoms with van der Waals surface area (Å²) in [6.45, 7) is 0. The number of carbonyl (C=O) groups excluding carboxylic acids is 1. The van der Waals surface area contributed by atoms with E-state index in [1.165, 1.54) is 0 Å². The normalized spacial score (nSPS) is 11.2.